The van der Waals surface area contributed by atoms with Crippen LogP contribution in [0.5, 0.6) is 0 Å². The van der Waals surface area contributed by atoms with Crippen molar-refractivity contribution in [3.8, 4) is 0 Å². The summed E-state index contributed by atoms with van der Waals surface area (Å²) in [4.78, 5) is 30.5. The lowest BCUT2D eigenvalue weighted by molar-refractivity contribution is -0.140. The third-order valence-corrected chi connectivity index (χ3v) is 5.67. The number of methoxy groups -OCH3 is 1. The summed E-state index contributed by atoms with van der Waals surface area (Å²) in [6.07, 6.45) is 0.139. The van der Waals surface area contributed by atoms with Gasteiger partial charge in [0.05, 0.1) is 32.2 Å². The number of nitrogens with one attached hydrogen (secondary N) is 1. The molecule has 0 saturated carbocycles. The van der Waals surface area contributed by atoms with Crippen LogP contribution in [-0.4, -0.2) is 61.0 Å². The molecular formula is C20H27N3O4S. The number of amides is 2. The molecule has 0 unspecified atom stereocenters. The molecule has 1 aliphatic heterocycles. The number of carbonyl (C=O) groups excluding carboxylic acids is 2. The van der Waals surface area contributed by atoms with Crippen LogP contribution in [0, 0.1) is 6.92 Å². The van der Waals surface area contributed by atoms with Gasteiger partial charge in [0.1, 0.15) is 11.5 Å². The maximum Gasteiger partial charge on any atom is 0.237 e. The topological polar surface area (TPSA) is 75.0 Å². The monoisotopic (exact) mass is 405 g/mol. The zero-order valence-electron chi connectivity index (χ0n) is 16.3. The highest BCUT2D eigenvalue weighted by atomic mass is 32.1. The van der Waals surface area contributed by atoms with Gasteiger partial charge in [-0.1, -0.05) is 6.07 Å². The molecule has 2 aromatic heterocycles. The SMILES string of the molecule is COCCN(Cc1cccs1)C(=O)C[C@H]1C(=O)NCCN1Cc1ccc(C)o1. The number of hydrogen-bond acceptors (Lipinski definition) is 6. The normalized spacial score (nSPS) is 17.5. The fraction of sp³-hybridized carbons (Fsp3) is 0.500. The number of thiophene rings is 1. The van der Waals surface area contributed by atoms with Gasteiger partial charge in [-0.05, 0) is 30.5 Å². The predicted octanol–water partition coefficient (Wildman–Crippen LogP) is 2.02. The minimum atomic E-state index is -0.500. The van der Waals surface area contributed by atoms with Crippen molar-refractivity contribution in [3.05, 3.63) is 46.0 Å². The van der Waals surface area contributed by atoms with Crippen LogP contribution in [0.25, 0.3) is 0 Å². The highest BCUT2D eigenvalue weighted by Crippen LogP contribution is 2.18. The molecule has 1 fully saturated rings. The molecule has 28 heavy (non-hydrogen) atoms. The van der Waals surface area contributed by atoms with Gasteiger partial charge >= 0.3 is 0 Å². The van der Waals surface area contributed by atoms with E-state index < -0.39 is 6.04 Å². The van der Waals surface area contributed by atoms with Crippen molar-refractivity contribution >= 4 is 23.2 Å². The smallest absolute Gasteiger partial charge is 0.237 e. The van der Waals surface area contributed by atoms with Crippen LogP contribution < -0.4 is 5.32 Å². The zero-order chi connectivity index (χ0) is 19.9. The summed E-state index contributed by atoms with van der Waals surface area (Å²) >= 11 is 1.62. The van der Waals surface area contributed by atoms with E-state index in [1.807, 2.05) is 41.5 Å². The Hall–Kier alpha value is -2.16. The highest BCUT2D eigenvalue weighted by Gasteiger charge is 2.33. The predicted molar refractivity (Wildman–Crippen MR) is 107 cm³/mol. The first-order valence-electron chi connectivity index (χ1n) is 9.43. The van der Waals surface area contributed by atoms with E-state index in [2.05, 4.69) is 5.32 Å². The largest absolute Gasteiger partial charge is 0.465 e. The molecule has 0 radical (unpaired) electrons. The third kappa shape index (κ3) is 5.43. The summed E-state index contributed by atoms with van der Waals surface area (Å²) in [6.45, 7) is 5.17. The number of carbonyl (C=O) groups is 2. The number of rotatable bonds is 9. The van der Waals surface area contributed by atoms with Crippen LogP contribution in [0.3, 0.4) is 0 Å². The van der Waals surface area contributed by atoms with Gasteiger partial charge in [-0.15, -0.1) is 11.3 Å². The van der Waals surface area contributed by atoms with Crippen LogP contribution in [-0.2, 0) is 27.4 Å². The zero-order valence-corrected chi connectivity index (χ0v) is 17.2. The average molecular weight is 406 g/mol. The molecule has 0 aromatic carbocycles. The number of ether oxygens (including phenoxy) is 1. The molecule has 0 aliphatic carbocycles. The number of piperazine rings is 1. The molecule has 0 spiro atoms. The fourth-order valence-electron chi connectivity index (χ4n) is 3.32. The van der Waals surface area contributed by atoms with Crippen molar-refractivity contribution < 1.29 is 18.7 Å². The molecule has 2 amide bonds. The first kappa shape index (κ1) is 20.6. The minimum absolute atomic E-state index is 0.0480. The molecule has 0 bridgehead atoms. The van der Waals surface area contributed by atoms with Gasteiger partial charge in [-0.3, -0.25) is 14.5 Å². The first-order chi connectivity index (χ1) is 13.6. The molecule has 1 saturated heterocycles. The van der Waals surface area contributed by atoms with Gasteiger partial charge in [0.2, 0.25) is 11.8 Å². The Kier molecular flexibility index (Phi) is 7.24. The Morgan fingerprint density at radius 1 is 1.43 bits per heavy atom. The Morgan fingerprint density at radius 2 is 2.29 bits per heavy atom. The van der Waals surface area contributed by atoms with E-state index in [1.165, 1.54) is 0 Å². The van der Waals surface area contributed by atoms with Gasteiger partial charge in [0.25, 0.3) is 0 Å². The maximum atomic E-state index is 13.0. The summed E-state index contributed by atoms with van der Waals surface area (Å²) in [5, 5.41) is 4.88. The van der Waals surface area contributed by atoms with Crippen LogP contribution >= 0.6 is 11.3 Å². The van der Waals surface area contributed by atoms with E-state index >= 15 is 0 Å². The van der Waals surface area contributed by atoms with Gasteiger partial charge in [0, 0.05) is 31.6 Å². The number of nitrogens with zero attached hydrogens (tertiary/aromatic N) is 2. The molecule has 1 aliphatic rings. The standard InChI is InChI=1S/C20H27N3O4S/c1-15-5-6-16(27-15)13-22-8-7-21-20(25)18(22)12-19(24)23(9-10-26-2)14-17-4-3-11-28-17/h3-6,11,18H,7-10,12-14H2,1-2H3,(H,21,25)/t18-/m0/s1. The molecule has 3 heterocycles. The number of furan rings is 1. The second-order valence-corrected chi connectivity index (χ2v) is 7.91. The molecule has 7 nitrogen and oxygen atoms in total. The average Bonchev–Trinajstić information content (AvgIpc) is 3.33. The van der Waals surface area contributed by atoms with Gasteiger partial charge in [-0.25, -0.2) is 0 Å². The molecule has 152 valence electrons. The van der Waals surface area contributed by atoms with E-state index in [9.17, 15) is 9.59 Å². The summed E-state index contributed by atoms with van der Waals surface area (Å²) < 4.78 is 10.8. The second-order valence-electron chi connectivity index (χ2n) is 6.88. The van der Waals surface area contributed by atoms with Crippen LogP contribution in [0.2, 0.25) is 0 Å². The number of aryl methyl sites for hydroxylation is 1. The molecule has 8 heteroatoms. The second kappa shape index (κ2) is 9.86. The molecule has 3 rings (SSSR count). The minimum Gasteiger partial charge on any atom is -0.465 e. The third-order valence-electron chi connectivity index (χ3n) is 4.81. The molecule has 1 atom stereocenters. The van der Waals surface area contributed by atoms with Crippen molar-refractivity contribution in [1.29, 1.82) is 0 Å². The van der Waals surface area contributed by atoms with Crippen molar-refractivity contribution in [2.24, 2.45) is 0 Å². The first-order valence-corrected chi connectivity index (χ1v) is 10.3. The van der Waals surface area contributed by atoms with Crippen molar-refractivity contribution in [2.45, 2.75) is 32.5 Å². The van der Waals surface area contributed by atoms with E-state index in [4.69, 9.17) is 9.15 Å². The van der Waals surface area contributed by atoms with Gasteiger partial charge < -0.3 is 19.4 Å². The van der Waals surface area contributed by atoms with Crippen molar-refractivity contribution in [1.82, 2.24) is 15.1 Å². The van der Waals surface area contributed by atoms with E-state index in [1.54, 1.807) is 23.3 Å². The molecule has 1 N–H and O–H groups in total. The molecule has 2 aromatic rings. The van der Waals surface area contributed by atoms with E-state index in [0.717, 1.165) is 16.4 Å². The van der Waals surface area contributed by atoms with Crippen molar-refractivity contribution in [2.75, 3.05) is 33.4 Å². The quantitative estimate of drug-likeness (QED) is 0.691. The summed E-state index contributed by atoms with van der Waals surface area (Å²) in [7, 11) is 1.62. The lowest BCUT2D eigenvalue weighted by Gasteiger charge is -2.35. The fourth-order valence-corrected chi connectivity index (χ4v) is 4.04. The Morgan fingerprint density at radius 3 is 2.96 bits per heavy atom. The summed E-state index contributed by atoms with van der Waals surface area (Å²) in [5.74, 6) is 1.49. The van der Waals surface area contributed by atoms with Crippen LogP contribution in [0.1, 0.15) is 22.8 Å². The Balaban J connectivity index is 1.68. The summed E-state index contributed by atoms with van der Waals surface area (Å²) in [5.41, 5.74) is 0. The van der Waals surface area contributed by atoms with Crippen LogP contribution in [0.15, 0.2) is 34.1 Å². The van der Waals surface area contributed by atoms with Crippen LogP contribution in [0.4, 0.5) is 0 Å². The van der Waals surface area contributed by atoms with Crippen molar-refractivity contribution in [3.63, 3.8) is 0 Å². The summed E-state index contributed by atoms with van der Waals surface area (Å²) in [6, 6.07) is 7.31. The lowest BCUT2D eigenvalue weighted by atomic mass is 10.1. The maximum absolute atomic E-state index is 13.0. The van der Waals surface area contributed by atoms with Gasteiger partial charge in [0.15, 0.2) is 0 Å². The van der Waals surface area contributed by atoms with E-state index in [0.29, 0.717) is 39.3 Å². The Bertz CT molecular complexity index is 774. The highest BCUT2D eigenvalue weighted by molar-refractivity contribution is 7.09. The Labute approximate surface area is 169 Å². The van der Waals surface area contributed by atoms with E-state index in [-0.39, 0.29) is 18.2 Å². The molecular weight excluding hydrogens is 378 g/mol. The van der Waals surface area contributed by atoms with Gasteiger partial charge in [-0.2, -0.15) is 0 Å². The lowest BCUT2D eigenvalue weighted by Crippen LogP contribution is -2.56. The number of hydrogen-bond donors (Lipinski definition) is 1.